The van der Waals surface area contributed by atoms with Crippen LogP contribution in [-0.4, -0.2) is 0 Å². The van der Waals surface area contributed by atoms with Crippen LogP contribution in [0.5, 0.6) is 0 Å². The van der Waals surface area contributed by atoms with Crippen LogP contribution >= 0.6 is 12.6 Å². The largest absolute Gasteiger partial charge is 0.0798 e. The van der Waals surface area contributed by atoms with Gasteiger partial charge in [0.25, 0.3) is 0 Å². The van der Waals surface area contributed by atoms with Gasteiger partial charge in [-0.2, -0.15) is 0 Å². The van der Waals surface area contributed by atoms with Crippen LogP contribution in [0.4, 0.5) is 0 Å². The number of rotatable bonds is 5. The van der Waals surface area contributed by atoms with Gasteiger partial charge in [-0.1, -0.05) is 57.5 Å². The van der Waals surface area contributed by atoms with E-state index in [0.717, 1.165) is 4.90 Å². The lowest BCUT2D eigenvalue weighted by Crippen LogP contribution is -1.99. The van der Waals surface area contributed by atoms with Crippen molar-refractivity contribution in [2.75, 3.05) is 0 Å². The molecule has 1 radical (unpaired) electrons. The van der Waals surface area contributed by atoms with Gasteiger partial charge in [-0.3, -0.25) is 0 Å². The average Bonchev–Trinajstić information content (AvgIpc) is 2.18. The molecule has 1 rings (SSSR count). The zero-order valence-electron chi connectivity index (χ0n) is 9.12. The highest BCUT2D eigenvalue weighted by Gasteiger charge is 2.11. The lowest BCUT2D eigenvalue weighted by atomic mass is 9.90. The second kappa shape index (κ2) is 6.02. The smallest absolute Gasteiger partial charge is 0.0411 e. The van der Waals surface area contributed by atoms with Crippen molar-refractivity contribution in [3.63, 3.8) is 0 Å². The highest BCUT2D eigenvalue weighted by Crippen LogP contribution is 2.30. The normalized spacial score (nSPS) is 10.8. The molecule has 0 amide bonds. The molecule has 0 aliphatic rings. The fraction of sp³-hybridized carbons (Fsp3) is 0.538. The van der Waals surface area contributed by atoms with Gasteiger partial charge in [0.15, 0.2) is 0 Å². The molecule has 0 aliphatic heterocycles. The van der Waals surface area contributed by atoms with Crippen molar-refractivity contribution in [1.82, 2.24) is 0 Å². The van der Waals surface area contributed by atoms with Gasteiger partial charge in [-0.05, 0) is 30.4 Å². The molecule has 0 saturated carbocycles. The summed E-state index contributed by atoms with van der Waals surface area (Å²) in [6.45, 7) is 4.49. The molecule has 1 heteroatoms. The summed E-state index contributed by atoms with van der Waals surface area (Å²) in [5.41, 5.74) is 1.38. The van der Waals surface area contributed by atoms with Gasteiger partial charge in [-0.15, -0.1) is 0 Å². The first kappa shape index (κ1) is 11.5. The summed E-state index contributed by atoms with van der Waals surface area (Å²) in [6, 6.07) is 8.37. The Morgan fingerprint density at radius 1 is 1.07 bits per heavy atom. The molecule has 0 heterocycles. The molecular formula is C13H19S. The molecule has 0 aromatic heterocycles. The van der Waals surface area contributed by atoms with Crippen LogP contribution < -0.4 is 0 Å². The standard InChI is InChI=1S/C13H19S/c1-3-7-11(8-4-2)12-9-5-6-10-13(12)14/h5-6,9-11H,3-4,7-8H2,1-2H3. The molecule has 0 unspecified atom stereocenters. The van der Waals surface area contributed by atoms with Crippen LogP contribution in [0.1, 0.15) is 51.0 Å². The Bertz CT molecular complexity index is 262. The van der Waals surface area contributed by atoms with Crippen LogP contribution in [0.15, 0.2) is 29.2 Å². The molecular weight excluding hydrogens is 188 g/mol. The summed E-state index contributed by atoms with van der Waals surface area (Å²) in [5.74, 6) is 0.679. The molecule has 0 fully saturated rings. The Morgan fingerprint density at radius 3 is 2.14 bits per heavy atom. The Labute approximate surface area is 93.1 Å². The summed E-state index contributed by atoms with van der Waals surface area (Å²) in [7, 11) is 0. The first-order valence-corrected chi connectivity index (χ1v) is 5.96. The van der Waals surface area contributed by atoms with Gasteiger partial charge < -0.3 is 0 Å². The fourth-order valence-electron chi connectivity index (χ4n) is 1.97. The van der Waals surface area contributed by atoms with E-state index in [1.165, 1.54) is 31.2 Å². The second-order valence-corrected chi connectivity index (χ2v) is 4.25. The average molecular weight is 207 g/mol. The summed E-state index contributed by atoms with van der Waals surface area (Å²) in [6.07, 6.45) is 5.02. The molecule has 0 nitrogen and oxygen atoms in total. The number of benzene rings is 1. The molecule has 1 aromatic rings. The van der Waals surface area contributed by atoms with Crippen molar-refractivity contribution in [2.45, 2.75) is 50.3 Å². The van der Waals surface area contributed by atoms with Crippen LogP contribution in [0, 0.1) is 0 Å². The van der Waals surface area contributed by atoms with Crippen LogP contribution in [-0.2, 0) is 0 Å². The zero-order valence-corrected chi connectivity index (χ0v) is 9.94. The van der Waals surface area contributed by atoms with Crippen molar-refractivity contribution in [2.24, 2.45) is 0 Å². The minimum atomic E-state index is 0.679. The summed E-state index contributed by atoms with van der Waals surface area (Å²) >= 11 is 5.36. The summed E-state index contributed by atoms with van der Waals surface area (Å²) in [4.78, 5) is 1.04. The minimum Gasteiger partial charge on any atom is -0.0798 e. The van der Waals surface area contributed by atoms with E-state index >= 15 is 0 Å². The fourth-order valence-corrected chi connectivity index (χ4v) is 2.28. The molecule has 77 valence electrons. The maximum atomic E-state index is 5.36. The lowest BCUT2D eigenvalue weighted by molar-refractivity contribution is 0.554. The Morgan fingerprint density at radius 2 is 1.64 bits per heavy atom. The molecule has 0 spiro atoms. The maximum absolute atomic E-state index is 5.36. The predicted octanol–water partition coefficient (Wildman–Crippen LogP) is 4.93. The number of hydrogen-bond donors (Lipinski definition) is 0. The maximum Gasteiger partial charge on any atom is 0.0411 e. The molecule has 0 saturated heterocycles. The minimum absolute atomic E-state index is 0.679. The zero-order chi connectivity index (χ0) is 10.4. The SMILES string of the molecule is CCCC(CCC)c1ccccc1[S]. The van der Waals surface area contributed by atoms with Crippen molar-refractivity contribution in [3.05, 3.63) is 29.8 Å². The van der Waals surface area contributed by atoms with Crippen LogP contribution in [0.3, 0.4) is 0 Å². The third-order valence-electron chi connectivity index (χ3n) is 2.63. The van der Waals surface area contributed by atoms with E-state index in [4.69, 9.17) is 12.6 Å². The third kappa shape index (κ3) is 2.98. The lowest BCUT2D eigenvalue weighted by Gasteiger charge is -2.16. The van der Waals surface area contributed by atoms with Gasteiger partial charge in [0, 0.05) is 4.90 Å². The second-order valence-electron chi connectivity index (χ2n) is 3.81. The van der Waals surface area contributed by atoms with Gasteiger partial charge in [-0.25, -0.2) is 0 Å². The molecule has 0 bridgehead atoms. The van der Waals surface area contributed by atoms with Crippen LogP contribution in [0.2, 0.25) is 0 Å². The number of hydrogen-bond acceptors (Lipinski definition) is 0. The summed E-state index contributed by atoms with van der Waals surface area (Å²) < 4.78 is 0. The highest BCUT2D eigenvalue weighted by atomic mass is 32.1. The Kier molecular flexibility index (Phi) is 4.95. The monoisotopic (exact) mass is 207 g/mol. The van der Waals surface area contributed by atoms with Crippen molar-refractivity contribution >= 4 is 12.6 Å². The first-order valence-electron chi connectivity index (χ1n) is 5.55. The highest BCUT2D eigenvalue weighted by molar-refractivity contribution is 7.80. The summed E-state index contributed by atoms with van der Waals surface area (Å²) in [5, 5.41) is 0. The molecule has 0 N–H and O–H groups in total. The van der Waals surface area contributed by atoms with E-state index in [1.54, 1.807) is 0 Å². The third-order valence-corrected chi connectivity index (χ3v) is 3.00. The van der Waals surface area contributed by atoms with Crippen LogP contribution in [0.25, 0.3) is 0 Å². The van der Waals surface area contributed by atoms with E-state index in [0.29, 0.717) is 5.92 Å². The van der Waals surface area contributed by atoms with Crippen molar-refractivity contribution in [3.8, 4) is 0 Å². The van der Waals surface area contributed by atoms with Crippen molar-refractivity contribution < 1.29 is 0 Å². The Balaban J connectivity index is 2.81. The van der Waals surface area contributed by atoms with Gasteiger partial charge in [0.2, 0.25) is 0 Å². The van der Waals surface area contributed by atoms with E-state index in [1.807, 2.05) is 12.1 Å². The van der Waals surface area contributed by atoms with Crippen molar-refractivity contribution in [1.29, 1.82) is 0 Å². The Hall–Kier alpha value is -0.560. The topological polar surface area (TPSA) is 0 Å². The molecule has 0 atom stereocenters. The quantitative estimate of drug-likeness (QED) is 0.642. The molecule has 1 aromatic carbocycles. The first-order chi connectivity index (χ1) is 6.79. The van der Waals surface area contributed by atoms with E-state index < -0.39 is 0 Å². The molecule has 0 aliphatic carbocycles. The molecule has 14 heavy (non-hydrogen) atoms. The van der Waals surface area contributed by atoms with Gasteiger partial charge in [0.1, 0.15) is 0 Å². The van der Waals surface area contributed by atoms with E-state index in [9.17, 15) is 0 Å². The van der Waals surface area contributed by atoms with E-state index in [2.05, 4.69) is 26.0 Å². The van der Waals surface area contributed by atoms with Gasteiger partial charge in [0.05, 0.1) is 0 Å². The van der Waals surface area contributed by atoms with Gasteiger partial charge >= 0.3 is 0 Å². The predicted molar refractivity (Wildman–Crippen MR) is 64.9 cm³/mol. The van der Waals surface area contributed by atoms with E-state index in [-0.39, 0.29) is 0 Å².